The van der Waals surface area contributed by atoms with Gasteiger partial charge in [-0.1, -0.05) is 29.8 Å². The first-order chi connectivity index (χ1) is 14.5. The Balaban J connectivity index is 1.66. The number of H-pyrrole nitrogens is 1. The topological polar surface area (TPSA) is 113 Å². The molecular weight excluding hydrogens is 386 g/mol. The van der Waals surface area contributed by atoms with Crippen molar-refractivity contribution < 1.29 is 9.66 Å². The summed E-state index contributed by atoms with van der Waals surface area (Å²) in [5.41, 5.74) is 2.51. The number of hydrogen-bond donors (Lipinski definition) is 2. The van der Waals surface area contributed by atoms with E-state index in [1.807, 2.05) is 6.92 Å². The van der Waals surface area contributed by atoms with E-state index >= 15 is 0 Å². The molecule has 1 fully saturated rings. The Kier molecular flexibility index (Phi) is 5.73. The smallest absolute Gasteiger partial charge is 0.293 e. The van der Waals surface area contributed by atoms with Crippen LogP contribution in [0, 0.1) is 17.0 Å². The van der Waals surface area contributed by atoms with E-state index in [0.29, 0.717) is 31.0 Å². The van der Waals surface area contributed by atoms with E-state index in [1.54, 1.807) is 6.07 Å². The molecule has 0 aliphatic carbocycles. The number of nitro benzene ring substituents is 1. The van der Waals surface area contributed by atoms with Crippen molar-refractivity contribution in [2.45, 2.75) is 13.0 Å². The van der Waals surface area contributed by atoms with Gasteiger partial charge in [-0.3, -0.25) is 19.8 Å². The third kappa shape index (κ3) is 4.17. The van der Waals surface area contributed by atoms with Gasteiger partial charge in [-0.05, 0) is 18.6 Å². The van der Waals surface area contributed by atoms with Crippen LogP contribution < -0.4 is 10.9 Å². The van der Waals surface area contributed by atoms with Crippen molar-refractivity contribution in [1.82, 2.24) is 14.9 Å². The number of aromatic nitrogens is 2. The lowest BCUT2D eigenvalue weighted by Gasteiger charge is -2.35. The summed E-state index contributed by atoms with van der Waals surface area (Å²) in [6.45, 7) is 5.40. The van der Waals surface area contributed by atoms with E-state index in [1.165, 1.54) is 18.0 Å². The second kappa shape index (κ2) is 8.60. The lowest BCUT2D eigenvalue weighted by atomic mass is 10.0. The maximum atomic E-state index is 12.0. The van der Waals surface area contributed by atoms with Gasteiger partial charge in [0, 0.05) is 25.7 Å². The van der Waals surface area contributed by atoms with Crippen LogP contribution in [0.2, 0.25) is 0 Å². The molecule has 0 radical (unpaired) electrons. The summed E-state index contributed by atoms with van der Waals surface area (Å²) in [4.78, 5) is 32.1. The molecular formula is C21H23N5O4. The third-order valence-corrected chi connectivity index (χ3v) is 5.39. The van der Waals surface area contributed by atoms with Crippen LogP contribution in [0.4, 0.5) is 11.4 Å². The molecule has 3 aromatic rings. The number of anilines is 1. The third-order valence-electron chi connectivity index (χ3n) is 5.39. The normalized spacial score (nSPS) is 15.8. The summed E-state index contributed by atoms with van der Waals surface area (Å²) in [5, 5.41) is 15.1. The number of nitro groups is 1. The minimum atomic E-state index is -0.482. The highest BCUT2D eigenvalue weighted by molar-refractivity contribution is 5.86. The molecule has 1 aliphatic rings. The number of ether oxygens (including phenoxy) is 1. The monoisotopic (exact) mass is 409 g/mol. The van der Waals surface area contributed by atoms with Gasteiger partial charge in [0.1, 0.15) is 5.69 Å². The van der Waals surface area contributed by atoms with Crippen molar-refractivity contribution in [3.8, 4) is 0 Å². The molecule has 0 spiro atoms. The SMILES string of the molecule is Cc1ccc(C(CNc2cc3nc[nH]c(=O)c3cc2[N+](=O)[O-])N2CCOCC2)cc1. The van der Waals surface area contributed by atoms with Gasteiger partial charge in [0.25, 0.3) is 11.2 Å². The zero-order valence-electron chi connectivity index (χ0n) is 16.6. The van der Waals surface area contributed by atoms with E-state index in [-0.39, 0.29) is 17.1 Å². The van der Waals surface area contributed by atoms with Gasteiger partial charge in [-0.25, -0.2) is 4.98 Å². The number of benzene rings is 2. The number of nitrogens with one attached hydrogen (secondary N) is 2. The molecule has 9 heteroatoms. The number of morpholine rings is 1. The quantitative estimate of drug-likeness (QED) is 0.475. The standard InChI is InChI=1S/C21H23N5O4/c1-14-2-4-15(5-3-14)20(25-6-8-30-9-7-25)12-22-18-11-17-16(10-19(18)26(28)29)21(27)24-13-23-17/h2-5,10-11,13,20,22H,6-9,12H2,1H3,(H,23,24,27). The van der Waals surface area contributed by atoms with Crippen LogP contribution in [-0.2, 0) is 4.74 Å². The summed E-state index contributed by atoms with van der Waals surface area (Å²) in [6.07, 6.45) is 1.29. The first-order valence-corrected chi connectivity index (χ1v) is 9.81. The number of fused-ring (bicyclic) bond motifs is 1. The molecule has 2 heterocycles. The molecule has 1 aromatic heterocycles. The van der Waals surface area contributed by atoms with E-state index < -0.39 is 10.5 Å². The summed E-state index contributed by atoms with van der Waals surface area (Å²) in [7, 11) is 0. The Hall–Kier alpha value is -3.30. The number of aryl methyl sites for hydroxylation is 1. The van der Waals surface area contributed by atoms with Crippen LogP contribution in [0.3, 0.4) is 0 Å². The lowest BCUT2D eigenvalue weighted by Crippen LogP contribution is -2.41. The molecule has 1 unspecified atom stereocenters. The van der Waals surface area contributed by atoms with Crippen molar-refractivity contribution in [2.75, 3.05) is 38.2 Å². The van der Waals surface area contributed by atoms with Gasteiger partial charge in [0.15, 0.2) is 0 Å². The predicted octanol–water partition coefficient (Wildman–Crippen LogP) is 2.63. The van der Waals surface area contributed by atoms with Gasteiger partial charge in [-0.15, -0.1) is 0 Å². The Morgan fingerprint density at radius 2 is 2.00 bits per heavy atom. The van der Waals surface area contributed by atoms with Crippen molar-refractivity contribution in [1.29, 1.82) is 0 Å². The summed E-state index contributed by atoms with van der Waals surface area (Å²) < 4.78 is 5.49. The fraction of sp³-hybridized carbons (Fsp3) is 0.333. The fourth-order valence-electron chi connectivity index (χ4n) is 3.74. The molecule has 1 atom stereocenters. The Morgan fingerprint density at radius 3 is 2.70 bits per heavy atom. The van der Waals surface area contributed by atoms with E-state index in [4.69, 9.17) is 4.74 Å². The highest BCUT2D eigenvalue weighted by atomic mass is 16.6. The van der Waals surface area contributed by atoms with Crippen LogP contribution in [-0.4, -0.2) is 52.6 Å². The number of hydrogen-bond acceptors (Lipinski definition) is 7. The van der Waals surface area contributed by atoms with Crippen molar-refractivity contribution in [2.24, 2.45) is 0 Å². The minimum Gasteiger partial charge on any atom is -0.379 e. The molecule has 156 valence electrons. The zero-order chi connectivity index (χ0) is 21.1. The molecule has 1 aliphatic heterocycles. The second-order valence-corrected chi connectivity index (χ2v) is 7.33. The van der Waals surface area contributed by atoms with Crippen LogP contribution in [0.1, 0.15) is 17.2 Å². The number of aromatic amines is 1. The minimum absolute atomic E-state index is 0.0249. The van der Waals surface area contributed by atoms with Crippen LogP contribution >= 0.6 is 0 Å². The highest BCUT2D eigenvalue weighted by Crippen LogP contribution is 2.30. The Labute approximate surface area is 172 Å². The van der Waals surface area contributed by atoms with Crippen molar-refractivity contribution >= 4 is 22.3 Å². The molecule has 0 saturated carbocycles. The molecule has 0 bridgehead atoms. The Bertz CT molecular complexity index is 1110. The van der Waals surface area contributed by atoms with Gasteiger partial charge in [0.2, 0.25) is 0 Å². The summed E-state index contributed by atoms with van der Waals surface area (Å²) >= 11 is 0. The van der Waals surface area contributed by atoms with Crippen molar-refractivity contribution in [3.05, 3.63) is 74.3 Å². The molecule has 1 saturated heterocycles. The van der Waals surface area contributed by atoms with E-state index in [9.17, 15) is 14.9 Å². The van der Waals surface area contributed by atoms with Crippen molar-refractivity contribution in [3.63, 3.8) is 0 Å². The highest BCUT2D eigenvalue weighted by Gasteiger charge is 2.24. The summed E-state index contributed by atoms with van der Waals surface area (Å²) in [5.74, 6) is 0. The van der Waals surface area contributed by atoms with Crippen LogP contribution in [0.25, 0.3) is 10.9 Å². The second-order valence-electron chi connectivity index (χ2n) is 7.33. The maximum Gasteiger partial charge on any atom is 0.293 e. The molecule has 2 N–H and O–H groups in total. The molecule has 0 amide bonds. The van der Waals surface area contributed by atoms with Crippen LogP contribution in [0.15, 0.2) is 47.5 Å². The summed E-state index contributed by atoms with van der Waals surface area (Å²) in [6, 6.07) is 11.2. The van der Waals surface area contributed by atoms with Gasteiger partial charge < -0.3 is 15.0 Å². The molecule has 4 rings (SSSR count). The first kappa shape index (κ1) is 20.0. The average molecular weight is 409 g/mol. The van der Waals surface area contributed by atoms with Gasteiger partial charge in [-0.2, -0.15) is 0 Å². The average Bonchev–Trinajstić information content (AvgIpc) is 2.75. The van der Waals surface area contributed by atoms with Gasteiger partial charge in [0.05, 0.1) is 41.4 Å². The fourth-order valence-corrected chi connectivity index (χ4v) is 3.74. The molecule has 9 nitrogen and oxygen atoms in total. The van der Waals surface area contributed by atoms with E-state index in [0.717, 1.165) is 18.7 Å². The molecule has 30 heavy (non-hydrogen) atoms. The maximum absolute atomic E-state index is 12.0. The van der Waals surface area contributed by atoms with Gasteiger partial charge >= 0.3 is 0 Å². The number of nitrogens with zero attached hydrogens (tertiary/aromatic N) is 3. The molecule has 2 aromatic carbocycles. The largest absolute Gasteiger partial charge is 0.379 e. The van der Waals surface area contributed by atoms with E-state index in [2.05, 4.69) is 44.5 Å². The number of rotatable bonds is 6. The van der Waals surface area contributed by atoms with Crippen LogP contribution in [0.5, 0.6) is 0 Å². The zero-order valence-corrected chi connectivity index (χ0v) is 16.6. The lowest BCUT2D eigenvalue weighted by molar-refractivity contribution is -0.383. The Morgan fingerprint density at radius 1 is 1.27 bits per heavy atom. The first-order valence-electron chi connectivity index (χ1n) is 9.81. The predicted molar refractivity (Wildman–Crippen MR) is 114 cm³/mol.